The highest BCUT2D eigenvalue weighted by molar-refractivity contribution is 6.00. The summed E-state index contributed by atoms with van der Waals surface area (Å²) >= 11 is 0. The molecule has 3 N–H and O–H groups in total. The first-order valence-corrected chi connectivity index (χ1v) is 13.6. The van der Waals surface area contributed by atoms with E-state index in [1.165, 1.54) is 31.3 Å². The van der Waals surface area contributed by atoms with E-state index in [4.69, 9.17) is 10.00 Å². The second-order valence-electron chi connectivity index (χ2n) is 9.94. The normalized spacial score (nSPS) is 12.0. The Morgan fingerprint density at radius 2 is 1.86 bits per heavy atom. The van der Waals surface area contributed by atoms with Gasteiger partial charge in [-0.05, 0) is 37.1 Å². The fourth-order valence-corrected chi connectivity index (χ4v) is 4.33. The summed E-state index contributed by atoms with van der Waals surface area (Å²) in [6.07, 6.45) is 6.28. The Bertz CT molecular complexity index is 1770. The molecule has 3 amide bonds. The Morgan fingerprint density at radius 3 is 2.55 bits per heavy atom. The van der Waals surface area contributed by atoms with Gasteiger partial charge in [0.2, 0.25) is 5.91 Å². The van der Waals surface area contributed by atoms with Crippen LogP contribution in [0.1, 0.15) is 45.1 Å². The largest absolute Gasteiger partial charge is 0.492 e. The number of amides is 3. The Morgan fingerprint density at radius 1 is 1.07 bits per heavy atom. The summed E-state index contributed by atoms with van der Waals surface area (Å²) < 4.78 is 5.70. The van der Waals surface area contributed by atoms with Crippen LogP contribution in [0.15, 0.2) is 55.0 Å². The molecule has 0 radical (unpaired) electrons. The predicted octanol–water partition coefficient (Wildman–Crippen LogP) is 2.93. The van der Waals surface area contributed by atoms with Gasteiger partial charge < -0.3 is 25.6 Å². The summed E-state index contributed by atoms with van der Waals surface area (Å²) in [7, 11) is 4.58. The predicted molar refractivity (Wildman–Crippen MR) is 159 cm³/mol. The van der Waals surface area contributed by atoms with Crippen LogP contribution < -0.4 is 20.7 Å². The SMILES string of the molecule is CNC(=O)c1nnc(NC(=O)C2CC2)cc1Nc1nccc(-c2ccc(C(=O)N(C)Cc3cc(C#N)ccn3)nc2)c1OC. The molecule has 4 aromatic rings. The molecule has 1 saturated carbocycles. The molecule has 1 fully saturated rings. The van der Waals surface area contributed by atoms with Crippen LogP contribution >= 0.6 is 0 Å². The Labute approximate surface area is 252 Å². The van der Waals surface area contributed by atoms with E-state index >= 15 is 0 Å². The second kappa shape index (κ2) is 12.9. The van der Waals surface area contributed by atoms with Gasteiger partial charge in [0.15, 0.2) is 23.1 Å². The van der Waals surface area contributed by atoms with E-state index in [0.717, 1.165) is 12.8 Å². The van der Waals surface area contributed by atoms with Gasteiger partial charge in [-0.1, -0.05) is 6.07 Å². The minimum absolute atomic E-state index is 0.00520. The molecule has 1 aliphatic rings. The highest BCUT2D eigenvalue weighted by Crippen LogP contribution is 2.37. The zero-order chi connectivity index (χ0) is 31.2. The maximum atomic E-state index is 13.0. The summed E-state index contributed by atoms with van der Waals surface area (Å²) in [4.78, 5) is 52.3. The number of pyridine rings is 3. The van der Waals surface area contributed by atoms with Crippen LogP contribution in [0.4, 0.5) is 17.3 Å². The van der Waals surface area contributed by atoms with Crippen molar-refractivity contribution < 1.29 is 19.1 Å². The molecule has 14 heteroatoms. The highest BCUT2D eigenvalue weighted by atomic mass is 16.5. The number of nitrogens with one attached hydrogen (secondary N) is 3. The topological polar surface area (TPSA) is 188 Å². The van der Waals surface area contributed by atoms with Gasteiger partial charge in [0, 0.05) is 55.8 Å². The van der Waals surface area contributed by atoms with Gasteiger partial charge in [0.25, 0.3) is 11.8 Å². The fraction of sp³-hybridized carbons (Fsp3) is 0.233. The van der Waals surface area contributed by atoms with E-state index in [-0.39, 0.29) is 53.0 Å². The zero-order valence-corrected chi connectivity index (χ0v) is 24.2. The first-order valence-electron chi connectivity index (χ1n) is 13.6. The molecular weight excluding hydrogens is 564 g/mol. The van der Waals surface area contributed by atoms with Gasteiger partial charge in [-0.2, -0.15) is 5.26 Å². The molecule has 0 atom stereocenters. The number of carbonyl (C=O) groups is 3. The smallest absolute Gasteiger partial charge is 0.273 e. The number of hydrogen-bond acceptors (Lipinski definition) is 11. The van der Waals surface area contributed by atoms with Crippen molar-refractivity contribution in [1.29, 1.82) is 5.26 Å². The van der Waals surface area contributed by atoms with Crippen molar-refractivity contribution in [3.63, 3.8) is 0 Å². The van der Waals surface area contributed by atoms with E-state index < -0.39 is 5.91 Å². The maximum Gasteiger partial charge on any atom is 0.273 e. The summed E-state index contributed by atoms with van der Waals surface area (Å²) in [6.45, 7) is 0.207. The monoisotopic (exact) mass is 592 g/mol. The molecule has 5 rings (SSSR count). The van der Waals surface area contributed by atoms with E-state index in [1.54, 1.807) is 49.8 Å². The molecule has 4 aromatic heterocycles. The van der Waals surface area contributed by atoms with E-state index in [0.29, 0.717) is 28.1 Å². The Kier molecular flexibility index (Phi) is 8.66. The lowest BCUT2D eigenvalue weighted by atomic mass is 10.1. The van der Waals surface area contributed by atoms with Crippen LogP contribution in [0.5, 0.6) is 5.75 Å². The van der Waals surface area contributed by atoms with Gasteiger partial charge in [-0.3, -0.25) is 24.4 Å². The molecule has 14 nitrogen and oxygen atoms in total. The van der Waals surface area contributed by atoms with E-state index in [2.05, 4.69) is 47.2 Å². The standard InChI is InChI=1S/C30H28N10O4/c1-32-29(42)25-23(13-24(38-39-25)37-28(41)18-4-5-18)36-27-26(44-3)21(9-11-34-27)19-6-7-22(35-15-19)30(43)40(2)16-20-12-17(14-31)8-10-33-20/h6-13,15,18H,4-5,16H2,1-3H3,(H,32,42)(H2,34,36,37,38,41). The third kappa shape index (κ3) is 6.57. The molecule has 1 aliphatic carbocycles. The molecule has 0 spiro atoms. The van der Waals surface area contributed by atoms with Crippen molar-refractivity contribution >= 4 is 35.0 Å². The molecule has 0 aromatic carbocycles. The van der Waals surface area contributed by atoms with Crippen LogP contribution in [0.2, 0.25) is 0 Å². The quantitative estimate of drug-likeness (QED) is 0.246. The Hall–Kier alpha value is -5.97. The lowest BCUT2D eigenvalue weighted by Crippen LogP contribution is -2.27. The maximum absolute atomic E-state index is 13.0. The van der Waals surface area contributed by atoms with Crippen molar-refractivity contribution in [3.05, 3.63) is 77.6 Å². The van der Waals surface area contributed by atoms with E-state index in [9.17, 15) is 14.4 Å². The number of methoxy groups -OCH3 is 1. The first kappa shape index (κ1) is 29.5. The lowest BCUT2D eigenvalue weighted by Gasteiger charge is -2.17. The molecule has 4 heterocycles. The van der Waals surface area contributed by atoms with Crippen LogP contribution in [-0.2, 0) is 11.3 Å². The van der Waals surface area contributed by atoms with Crippen LogP contribution in [0, 0.1) is 17.2 Å². The highest BCUT2D eigenvalue weighted by Gasteiger charge is 2.30. The molecule has 0 unspecified atom stereocenters. The van der Waals surface area contributed by atoms with Crippen molar-refractivity contribution in [2.24, 2.45) is 5.92 Å². The average Bonchev–Trinajstić information content (AvgIpc) is 3.90. The van der Waals surface area contributed by atoms with Gasteiger partial charge in [0.1, 0.15) is 5.69 Å². The van der Waals surface area contributed by atoms with Crippen LogP contribution in [-0.4, -0.2) is 69.0 Å². The second-order valence-corrected chi connectivity index (χ2v) is 9.94. The van der Waals surface area contributed by atoms with Crippen molar-refractivity contribution in [3.8, 4) is 22.9 Å². The number of hydrogen-bond donors (Lipinski definition) is 3. The van der Waals surface area contributed by atoms with Gasteiger partial charge in [-0.15, -0.1) is 10.2 Å². The molecule has 0 saturated heterocycles. The number of rotatable bonds is 10. The fourth-order valence-electron chi connectivity index (χ4n) is 4.33. The molecule has 222 valence electrons. The van der Waals surface area contributed by atoms with Gasteiger partial charge in [0.05, 0.1) is 36.7 Å². The first-order chi connectivity index (χ1) is 21.3. The third-order valence-electron chi connectivity index (χ3n) is 6.78. The van der Waals surface area contributed by atoms with Crippen molar-refractivity contribution in [2.45, 2.75) is 19.4 Å². The number of aromatic nitrogens is 5. The number of carbonyl (C=O) groups excluding carboxylic acids is 3. The molecule has 0 aliphatic heterocycles. The zero-order valence-electron chi connectivity index (χ0n) is 24.2. The molecular formula is C30H28N10O4. The van der Waals surface area contributed by atoms with Crippen molar-refractivity contribution in [1.82, 2.24) is 35.4 Å². The summed E-state index contributed by atoms with van der Waals surface area (Å²) in [5.74, 6) is -0.193. The van der Waals surface area contributed by atoms with E-state index in [1.807, 2.05) is 0 Å². The van der Waals surface area contributed by atoms with Gasteiger partial charge >= 0.3 is 0 Å². The van der Waals surface area contributed by atoms with Crippen LogP contribution in [0.25, 0.3) is 11.1 Å². The summed E-state index contributed by atoms with van der Waals surface area (Å²) in [6, 6.07) is 11.9. The van der Waals surface area contributed by atoms with Crippen LogP contribution in [0.3, 0.4) is 0 Å². The number of anilines is 3. The summed E-state index contributed by atoms with van der Waals surface area (Å²) in [5, 5.41) is 25.5. The summed E-state index contributed by atoms with van der Waals surface area (Å²) in [5.41, 5.74) is 2.78. The number of nitrogens with zero attached hydrogens (tertiary/aromatic N) is 7. The average molecular weight is 593 g/mol. The Balaban J connectivity index is 1.38. The van der Waals surface area contributed by atoms with Crippen molar-refractivity contribution in [2.75, 3.05) is 31.8 Å². The third-order valence-corrected chi connectivity index (χ3v) is 6.78. The molecule has 0 bridgehead atoms. The molecule has 44 heavy (non-hydrogen) atoms. The van der Waals surface area contributed by atoms with Gasteiger partial charge in [-0.25, -0.2) is 4.98 Å². The minimum Gasteiger partial charge on any atom is -0.492 e. The number of ether oxygens (including phenoxy) is 1. The minimum atomic E-state index is -0.488. The number of nitriles is 1. The lowest BCUT2D eigenvalue weighted by molar-refractivity contribution is -0.117.